The molecule has 23 heavy (non-hydrogen) atoms. The van der Waals surface area contributed by atoms with E-state index in [1.54, 1.807) is 6.07 Å². The number of halogens is 2. The fourth-order valence-corrected chi connectivity index (χ4v) is 3.56. The number of nitrogens with zero attached hydrogens (tertiary/aromatic N) is 3. The zero-order chi connectivity index (χ0) is 16.7. The van der Waals surface area contributed by atoms with E-state index in [1.807, 2.05) is 23.8 Å². The van der Waals surface area contributed by atoms with Gasteiger partial charge < -0.3 is 0 Å². The molecular weight excluding hydrogens is 374 g/mol. The third-order valence-corrected chi connectivity index (χ3v) is 4.77. The first-order chi connectivity index (χ1) is 10.9. The number of hydrogen-bond donors (Lipinski definition) is 0. The first kappa shape index (κ1) is 16.0. The number of fused-ring (bicyclic) bond motifs is 1. The molecule has 2 aromatic heterocycles. The normalized spacial score (nSPS) is 11.2. The van der Waals surface area contributed by atoms with Crippen LogP contribution in [0.3, 0.4) is 0 Å². The van der Waals surface area contributed by atoms with Crippen molar-refractivity contribution >= 4 is 38.6 Å². The molecule has 0 aliphatic carbocycles. The van der Waals surface area contributed by atoms with Crippen LogP contribution in [0.25, 0.3) is 16.7 Å². The average molecular weight is 389 g/mol. The lowest BCUT2D eigenvalue weighted by atomic mass is 10.0. The van der Waals surface area contributed by atoms with Gasteiger partial charge >= 0.3 is 0 Å². The van der Waals surface area contributed by atoms with Crippen molar-refractivity contribution in [3.8, 4) is 11.8 Å². The Morgan fingerprint density at radius 1 is 1.30 bits per heavy atom. The van der Waals surface area contributed by atoms with E-state index in [0.717, 1.165) is 21.1 Å². The first-order valence-electron chi connectivity index (χ1n) is 7.30. The Hall–Kier alpha value is -1.83. The molecule has 0 bridgehead atoms. The minimum absolute atomic E-state index is 0.425. The van der Waals surface area contributed by atoms with E-state index in [2.05, 4.69) is 53.0 Å². The van der Waals surface area contributed by atoms with E-state index in [0.29, 0.717) is 22.3 Å². The lowest BCUT2D eigenvalue weighted by Crippen LogP contribution is -1.97. The van der Waals surface area contributed by atoms with Crippen LogP contribution in [-0.4, -0.2) is 9.55 Å². The van der Waals surface area contributed by atoms with Gasteiger partial charge in [-0.05, 0) is 58.1 Å². The number of nitriles is 1. The first-order valence-corrected chi connectivity index (χ1v) is 8.47. The van der Waals surface area contributed by atoms with Crippen molar-refractivity contribution in [3.05, 3.63) is 56.8 Å². The van der Waals surface area contributed by atoms with Crippen molar-refractivity contribution in [2.75, 3.05) is 0 Å². The molecule has 3 rings (SSSR count). The number of aromatic nitrogens is 2. The summed E-state index contributed by atoms with van der Waals surface area (Å²) >= 11 is 9.76. The number of hydrogen-bond acceptors (Lipinski definition) is 2. The molecule has 0 amide bonds. The summed E-state index contributed by atoms with van der Waals surface area (Å²) in [4.78, 5) is 4.44. The van der Waals surface area contributed by atoms with Crippen LogP contribution in [-0.2, 0) is 0 Å². The molecule has 0 saturated carbocycles. The molecule has 116 valence electrons. The summed E-state index contributed by atoms with van der Waals surface area (Å²) in [6, 6.07) is 10.3. The molecule has 0 aliphatic rings. The minimum Gasteiger partial charge on any atom is -0.299 e. The Balaban J connectivity index is 2.31. The lowest BCUT2D eigenvalue weighted by Gasteiger charge is -2.11. The monoisotopic (exact) mass is 387 g/mol. The van der Waals surface area contributed by atoms with Crippen LogP contribution >= 0.6 is 27.5 Å². The predicted molar refractivity (Wildman–Crippen MR) is 97.3 cm³/mol. The molecule has 0 atom stereocenters. The summed E-state index contributed by atoms with van der Waals surface area (Å²) in [5, 5.41) is 10.7. The largest absolute Gasteiger partial charge is 0.299 e. The predicted octanol–water partition coefficient (Wildman–Crippen LogP) is 5.74. The van der Waals surface area contributed by atoms with Crippen molar-refractivity contribution in [1.82, 2.24) is 9.55 Å². The van der Waals surface area contributed by atoms with Gasteiger partial charge in [0.25, 0.3) is 0 Å². The fourth-order valence-electron chi connectivity index (χ4n) is 2.72. The van der Waals surface area contributed by atoms with Crippen LogP contribution in [0.4, 0.5) is 0 Å². The summed E-state index contributed by atoms with van der Waals surface area (Å²) in [5.74, 6) is 0.450. The molecule has 0 aliphatic heterocycles. The third kappa shape index (κ3) is 2.75. The fraction of sp³-hybridized carbons (Fsp3) is 0.222. The zero-order valence-electron chi connectivity index (χ0n) is 13.1. The van der Waals surface area contributed by atoms with E-state index in [4.69, 9.17) is 11.6 Å². The molecule has 0 N–H and O–H groups in total. The molecular formula is C18H15BrClN3. The lowest BCUT2D eigenvalue weighted by molar-refractivity contribution is 0.864. The molecule has 5 heteroatoms. The summed E-state index contributed by atoms with van der Waals surface area (Å²) in [5.41, 5.74) is 4.44. The van der Waals surface area contributed by atoms with E-state index < -0.39 is 0 Å². The number of benzene rings is 1. The average Bonchev–Trinajstić information content (AvgIpc) is 2.85. The zero-order valence-corrected chi connectivity index (χ0v) is 15.4. The SMILES string of the molecule is Cc1cc(Cl)nc2c1c(C#N)cn2-c1ccc(C(C)C)cc1Br. The molecule has 0 radical (unpaired) electrons. The summed E-state index contributed by atoms with van der Waals surface area (Å²) in [7, 11) is 0. The second-order valence-corrected chi connectivity index (χ2v) is 7.09. The van der Waals surface area contributed by atoms with Gasteiger partial charge in [-0.15, -0.1) is 0 Å². The summed E-state index contributed by atoms with van der Waals surface area (Å²) < 4.78 is 2.88. The van der Waals surface area contributed by atoms with E-state index in [9.17, 15) is 5.26 Å². The van der Waals surface area contributed by atoms with Crippen LogP contribution in [0.2, 0.25) is 5.15 Å². The number of rotatable bonds is 2. The van der Waals surface area contributed by atoms with Crippen LogP contribution < -0.4 is 0 Å². The second kappa shape index (κ2) is 5.99. The molecule has 2 heterocycles. The number of aryl methyl sites for hydroxylation is 1. The molecule has 3 nitrogen and oxygen atoms in total. The van der Waals surface area contributed by atoms with Gasteiger partial charge in [-0.25, -0.2) is 4.98 Å². The van der Waals surface area contributed by atoms with Gasteiger partial charge in [-0.2, -0.15) is 5.26 Å². The van der Waals surface area contributed by atoms with Crippen molar-refractivity contribution in [1.29, 1.82) is 5.26 Å². The molecule has 0 spiro atoms. The topological polar surface area (TPSA) is 41.6 Å². The Bertz CT molecular complexity index is 951. The van der Waals surface area contributed by atoms with Crippen LogP contribution in [0.5, 0.6) is 0 Å². The maximum absolute atomic E-state index is 9.44. The number of pyridine rings is 1. The summed E-state index contributed by atoms with van der Waals surface area (Å²) in [6.45, 7) is 6.26. The van der Waals surface area contributed by atoms with Crippen LogP contribution in [0, 0.1) is 18.3 Å². The van der Waals surface area contributed by atoms with Gasteiger partial charge in [0.15, 0.2) is 0 Å². The second-order valence-electron chi connectivity index (χ2n) is 5.85. The molecule has 1 aromatic carbocycles. The highest BCUT2D eigenvalue weighted by Gasteiger charge is 2.16. The maximum atomic E-state index is 9.44. The Morgan fingerprint density at radius 3 is 2.65 bits per heavy atom. The van der Waals surface area contributed by atoms with Gasteiger partial charge in [-0.1, -0.05) is 31.5 Å². The van der Waals surface area contributed by atoms with E-state index in [1.165, 1.54) is 5.56 Å². The van der Waals surface area contributed by atoms with Gasteiger partial charge in [0.2, 0.25) is 0 Å². The Kier molecular flexibility index (Phi) is 4.18. The van der Waals surface area contributed by atoms with Crippen molar-refractivity contribution in [3.63, 3.8) is 0 Å². The molecule has 3 aromatic rings. The molecule has 0 saturated heterocycles. The van der Waals surface area contributed by atoms with Crippen molar-refractivity contribution in [2.24, 2.45) is 0 Å². The highest BCUT2D eigenvalue weighted by atomic mass is 79.9. The van der Waals surface area contributed by atoms with Gasteiger partial charge in [0.05, 0.1) is 11.3 Å². The highest BCUT2D eigenvalue weighted by Crippen LogP contribution is 2.32. The standard InChI is InChI=1S/C18H15BrClN3/c1-10(2)12-4-5-15(14(19)7-12)23-9-13(8-21)17-11(3)6-16(20)22-18(17)23/h4-7,9-10H,1-3H3. The van der Waals surface area contributed by atoms with Crippen molar-refractivity contribution < 1.29 is 0 Å². The molecule has 0 unspecified atom stereocenters. The Labute approximate surface area is 148 Å². The quantitative estimate of drug-likeness (QED) is 0.525. The van der Waals surface area contributed by atoms with Gasteiger partial charge in [-0.3, -0.25) is 4.57 Å². The highest BCUT2D eigenvalue weighted by molar-refractivity contribution is 9.10. The smallest absolute Gasteiger partial charge is 0.147 e. The minimum atomic E-state index is 0.425. The van der Waals surface area contributed by atoms with Gasteiger partial charge in [0, 0.05) is 16.1 Å². The van der Waals surface area contributed by atoms with E-state index in [-0.39, 0.29) is 0 Å². The van der Waals surface area contributed by atoms with Crippen LogP contribution in [0.15, 0.2) is 34.9 Å². The van der Waals surface area contributed by atoms with Gasteiger partial charge in [0.1, 0.15) is 16.9 Å². The van der Waals surface area contributed by atoms with Crippen molar-refractivity contribution in [2.45, 2.75) is 26.7 Å². The maximum Gasteiger partial charge on any atom is 0.147 e. The third-order valence-electron chi connectivity index (χ3n) is 3.94. The van der Waals surface area contributed by atoms with E-state index >= 15 is 0 Å². The van der Waals surface area contributed by atoms with Crippen LogP contribution in [0.1, 0.15) is 36.5 Å². The Morgan fingerprint density at radius 2 is 2.04 bits per heavy atom. The summed E-state index contributed by atoms with van der Waals surface area (Å²) in [6.07, 6.45) is 1.82. The molecule has 0 fully saturated rings.